The average Bonchev–Trinajstić information content (AvgIpc) is 2.22. The number of halogens is 3. The van der Waals surface area contributed by atoms with Gasteiger partial charge in [0.1, 0.15) is 12.6 Å². The van der Waals surface area contributed by atoms with Crippen molar-refractivity contribution in [2.45, 2.75) is 26.1 Å². The molecule has 0 saturated carbocycles. The van der Waals surface area contributed by atoms with E-state index in [4.69, 9.17) is 10.8 Å². The summed E-state index contributed by atoms with van der Waals surface area (Å²) in [4.78, 5) is 23.1. The first-order chi connectivity index (χ1) is 8.58. The number of aliphatic hydroxyl groups is 1. The number of primary amides is 1. The van der Waals surface area contributed by atoms with Crippen LogP contribution in [0.2, 0.25) is 0 Å². The summed E-state index contributed by atoms with van der Waals surface area (Å²) in [7, 11) is 0. The van der Waals surface area contributed by atoms with Gasteiger partial charge in [-0.3, -0.25) is 4.79 Å². The fourth-order valence-electron chi connectivity index (χ4n) is 1.47. The van der Waals surface area contributed by atoms with E-state index in [1.54, 1.807) is 13.8 Å². The second kappa shape index (κ2) is 7.17. The predicted molar refractivity (Wildman–Crippen MR) is 61.1 cm³/mol. The monoisotopic (exact) mass is 285 g/mol. The molecule has 0 aliphatic heterocycles. The van der Waals surface area contributed by atoms with Gasteiger partial charge >= 0.3 is 12.2 Å². The van der Waals surface area contributed by atoms with Crippen LogP contribution in [0.25, 0.3) is 0 Å². The molecule has 9 heteroatoms. The summed E-state index contributed by atoms with van der Waals surface area (Å²) < 4.78 is 37.0. The van der Waals surface area contributed by atoms with Crippen molar-refractivity contribution in [3.05, 3.63) is 0 Å². The normalized spacial score (nSPS) is 13.2. The number of rotatable bonds is 6. The van der Waals surface area contributed by atoms with Gasteiger partial charge < -0.3 is 21.1 Å². The Bertz CT molecular complexity index is 321. The number of nitrogens with one attached hydrogen (secondary N) is 1. The van der Waals surface area contributed by atoms with Crippen molar-refractivity contribution in [2.75, 3.05) is 19.7 Å². The summed E-state index contributed by atoms with van der Waals surface area (Å²) in [5.74, 6) is -1.37. The number of carbonyl (C=O) groups is 2. The molecule has 1 unspecified atom stereocenters. The van der Waals surface area contributed by atoms with Crippen molar-refractivity contribution < 1.29 is 27.9 Å². The SMILES string of the molecule is CC(C)C(NC(N)=O)C(=O)N(CCO)CC(F)(F)F. The Kier molecular flexibility index (Phi) is 6.60. The van der Waals surface area contributed by atoms with Gasteiger partial charge in [0.15, 0.2) is 0 Å². The largest absolute Gasteiger partial charge is 0.406 e. The number of urea groups is 1. The van der Waals surface area contributed by atoms with E-state index in [0.717, 1.165) is 0 Å². The van der Waals surface area contributed by atoms with Gasteiger partial charge in [-0.1, -0.05) is 13.8 Å². The molecule has 3 amide bonds. The van der Waals surface area contributed by atoms with Crippen LogP contribution in [0.3, 0.4) is 0 Å². The Hall–Kier alpha value is -1.51. The molecule has 0 rings (SSSR count). The smallest absolute Gasteiger partial charge is 0.395 e. The molecular weight excluding hydrogens is 267 g/mol. The third kappa shape index (κ3) is 6.85. The topological polar surface area (TPSA) is 95.7 Å². The number of nitrogens with two attached hydrogens (primary N) is 1. The van der Waals surface area contributed by atoms with Crippen LogP contribution in [0.15, 0.2) is 0 Å². The molecule has 1 atom stereocenters. The molecule has 0 saturated heterocycles. The summed E-state index contributed by atoms with van der Waals surface area (Å²) in [6, 6.07) is -2.16. The van der Waals surface area contributed by atoms with Gasteiger partial charge in [-0.2, -0.15) is 13.2 Å². The second-order valence-electron chi connectivity index (χ2n) is 4.33. The third-order valence-corrected chi connectivity index (χ3v) is 2.28. The fraction of sp³-hybridized carbons (Fsp3) is 0.800. The van der Waals surface area contributed by atoms with Gasteiger partial charge in [-0.25, -0.2) is 4.79 Å². The van der Waals surface area contributed by atoms with Crippen molar-refractivity contribution in [1.82, 2.24) is 10.2 Å². The Morgan fingerprint density at radius 3 is 2.21 bits per heavy atom. The molecule has 0 heterocycles. The van der Waals surface area contributed by atoms with Gasteiger partial charge in [-0.15, -0.1) is 0 Å². The average molecular weight is 285 g/mol. The summed E-state index contributed by atoms with van der Waals surface area (Å²) in [6.07, 6.45) is -4.58. The Labute approximate surface area is 108 Å². The molecule has 0 aromatic rings. The first kappa shape index (κ1) is 17.5. The standard InChI is InChI=1S/C10H18F3N3O3/c1-6(2)7(15-9(14)19)8(18)16(3-4-17)5-10(11,12)13/h6-7,17H,3-5H2,1-2H3,(H3,14,15,19). The van der Waals surface area contributed by atoms with E-state index in [2.05, 4.69) is 5.32 Å². The highest BCUT2D eigenvalue weighted by atomic mass is 19.4. The van der Waals surface area contributed by atoms with Crippen molar-refractivity contribution >= 4 is 11.9 Å². The van der Waals surface area contributed by atoms with E-state index in [1.165, 1.54) is 0 Å². The lowest BCUT2D eigenvalue weighted by molar-refractivity contribution is -0.163. The van der Waals surface area contributed by atoms with Crippen molar-refractivity contribution in [3.8, 4) is 0 Å². The molecule has 4 N–H and O–H groups in total. The van der Waals surface area contributed by atoms with E-state index < -0.39 is 49.8 Å². The van der Waals surface area contributed by atoms with Crippen LogP contribution in [0.1, 0.15) is 13.8 Å². The molecule has 0 spiro atoms. The van der Waals surface area contributed by atoms with Gasteiger partial charge in [0, 0.05) is 6.54 Å². The third-order valence-electron chi connectivity index (χ3n) is 2.28. The van der Waals surface area contributed by atoms with Crippen LogP contribution in [0, 0.1) is 5.92 Å². The highest BCUT2D eigenvalue weighted by molar-refractivity contribution is 5.86. The zero-order valence-electron chi connectivity index (χ0n) is 10.7. The zero-order valence-corrected chi connectivity index (χ0v) is 10.7. The molecule has 0 aromatic carbocycles. The molecule has 0 aliphatic carbocycles. The summed E-state index contributed by atoms with van der Waals surface area (Å²) in [6.45, 7) is 0.549. The summed E-state index contributed by atoms with van der Waals surface area (Å²) in [5.41, 5.74) is 4.88. The Morgan fingerprint density at radius 1 is 1.37 bits per heavy atom. The first-order valence-corrected chi connectivity index (χ1v) is 5.61. The maximum Gasteiger partial charge on any atom is 0.406 e. The van der Waals surface area contributed by atoms with Crippen LogP contribution < -0.4 is 11.1 Å². The fourth-order valence-corrected chi connectivity index (χ4v) is 1.47. The van der Waals surface area contributed by atoms with Gasteiger partial charge in [0.2, 0.25) is 5.91 Å². The van der Waals surface area contributed by atoms with E-state index in [1.807, 2.05) is 0 Å². The van der Waals surface area contributed by atoms with Crippen LogP contribution in [-0.4, -0.2) is 53.9 Å². The van der Waals surface area contributed by atoms with Crippen molar-refractivity contribution in [1.29, 1.82) is 0 Å². The maximum atomic E-state index is 12.3. The summed E-state index contributed by atoms with van der Waals surface area (Å²) in [5, 5.41) is 10.8. The molecular formula is C10H18F3N3O3. The Morgan fingerprint density at radius 2 is 1.89 bits per heavy atom. The molecule has 0 radical (unpaired) electrons. The summed E-state index contributed by atoms with van der Waals surface area (Å²) >= 11 is 0. The van der Waals surface area contributed by atoms with E-state index in [0.29, 0.717) is 4.90 Å². The highest BCUT2D eigenvalue weighted by Gasteiger charge is 2.36. The molecule has 0 bridgehead atoms. The molecule has 112 valence electrons. The van der Waals surface area contributed by atoms with E-state index in [9.17, 15) is 22.8 Å². The lowest BCUT2D eigenvalue weighted by Gasteiger charge is -2.29. The molecule has 0 aliphatic rings. The lowest BCUT2D eigenvalue weighted by atomic mass is 10.0. The number of carbonyl (C=O) groups excluding carboxylic acids is 2. The van der Waals surface area contributed by atoms with Crippen LogP contribution in [0.4, 0.5) is 18.0 Å². The second-order valence-corrected chi connectivity index (χ2v) is 4.33. The van der Waals surface area contributed by atoms with Gasteiger partial charge in [0.25, 0.3) is 0 Å². The minimum Gasteiger partial charge on any atom is -0.395 e. The first-order valence-electron chi connectivity index (χ1n) is 5.61. The number of aliphatic hydroxyl groups excluding tert-OH is 1. The van der Waals surface area contributed by atoms with E-state index >= 15 is 0 Å². The molecule has 19 heavy (non-hydrogen) atoms. The maximum absolute atomic E-state index is 12.3. The predicted octanol–water partition coefficient (Wildman–Crippen LogP) is 0.0625. The van der Waals surface area contributed by atoms with E-state index in [-0.39, 0.29) is 0 Å². The van der Waals surface area contributed by atoms with Gasteiger partial charge in [0.05, 0.1) is 6.61 Å². The zero-order chi connectivity index (χ0) is 15.2. The van der Waals surface area contributed by atoms with Crippen LogP contribution in [0.5, 0.6) is 0 Å². The number of hydrogen-bond donors (Lipinski definition) is 3. The quantitative estimate of drug-likeness (QED) is 0.644. The lowest BCUT2D eigenvalue weighted by Crippen LogP contribution is -2.54. The number of alkyl halides is 3. The Balaban J connectivity index is 4.97. The van der Waals surface area contributed by atoms with Crippen LogP contribution >= 0.6 is 0 Å². The minimum atomic E-state index is -4.58. The molecule has 0 aromatic heterocycles. The van der Waals surface area contributed by atoms with Crippen LogP contribution in [-0.2, 0) is 4.79 Å². The highest BCUT2D eigenvalue weighted by Crippen LogP contribution is 2.18. The number of amides is 3. The number of hydrogen-bond acceptors (Lipinski definition) is 3. The minimum absolute atomic E-state index is 0.436. The molecule has 0 fully saturated rings. The van der Waals surface area contributed by atoms with Crippen molar-refractivity contribution in [2.24, 2.45) is 11.7 Å². The van der Waals surface area contributed by atoms with Crippen molar-refractivity contribution in [3.63, 3.8) is 0 Å². The van der Waals surface area contributed by atoms with Gasteiger partial charge in [-0.05, 0) is 5.92 Å². The molecule has 6 nitrogen and oxygen atoms in total. The number of nitrogens with zero attached hydrogens (tertiary/aromatic N) is 1.